The fraction of sp³-hybridized carbons (Fsp3) is 0.0588. The summed E-state index contributed by atoms with van der Waals surface area (Å²) in [5.74, 6) is 0.229. The summed E-state index contributed by atoms with van der Waals surface area (Å²) in [6.45, 7) is 0. The number of azide groups is 1. The molecule has 1 amide bonds. The van der Waals surface area contributed by atoms with E-state index in [4.69, 9.17) is 11.3 Å². The summed E-state index contributed by atoms with van der Waals surface area (Å²) in [5, 5.41) is 10.7. The van der Waals surface area contributed by atoms with E-state index in [9.17, 15) is 4.79 Å². The molecule has 8 nitrogen and oxygen atoms in total. The summed E-state index contributed by atoms with van der Waals surface area (Å²) in [7, 11) is 1.74. The number of rotatable bonds is 4. The summed E-state index contributed by atoms with van der Waals surface area (Å²) >= 11 is 0. The normalized spacial score (nSPS) is 10.1. The summed E-state index contributed by atoms with van der Waals surface area (Å²) in [6.07, 6.45) is 0. The molecule has 0 aliphatic carbocycles. The van der Waals surface area contributed by atoms with Gasteiger partial charge in [0.2, 0.25) is 0 Å². The molecule has 25 heavy (non-hydrogen) atoms. The van der Waals surface area contributed by atoms with Crippen LogP contribution in [0.25, 0.3) is 21.7 Å². The van der Waals surface area contributed by atoms with Crippen LogP contribution in [0, 0.1) is 0 Å². The van der Waals surface area contributed by atoms with Crippen molar-refractivity contribution in [2.45, 2.75) is 0 Å². The molecule has 124 valence electrons. The number of nitrogens with one attached hydrogen (secondary N) is 1. The van der Waals surface area contributed by atoms with E-state index < -0.39 is 0 Å². The lowest BCUT2D eigenvalue weighted by Crippen LogP contribution is -2.14. The van der Waals surface area contributed by atoms with Gasteiger partial charge in [0.25, 0.3) is 5.91 Å². The fourth-order valence-corrected chi connectivity index (χ4v) is 2.33. The van der Waals surface area contributed by atoms with Gasteiger partial charge in [-0.1, -0.05) is 29.4 Å². The Morgan fingerprint density at radius 2 is 2.00 bits per heavy atom. The quantitative estimate of drug-likeness (QED) is 0.326. The first-order valence-electron chi connectivity index (χ1n) is 7.43. The van der Waals surface area contributed by atoms with Crippen molar-refractivity contribution in [1.29, 1.82) is 0 Å². The molecule has 3 aromatic rings. The first-order valence-corrected chi connectivity index (χ1v) is 7.43. The van der Waals surface area contributed by atoms with Crippen molar-refractivity contribution >= 4 is 23.1 Å². The molecule has 0 spiro atoms. The lowest BCUT2D eigenvalue weighted by Gasteiger charge is -2.05. The van der Waals surface area contributed by atoms with Gasteiger partial charge in [0.1, 0.15) is 5.82 Å². The van der Waals surface area contributed by atoms with E-state index in [1.165, 1.54) is 6.07 Å². The lowest BCUT2D eigenvalue weighted by atomic mass is 10.1. The number of benzene rings is 2. The van der Waals surface area contributed by atoms with Crippen LogP contribution < -0.4 is 11.1 Å². The number of aromatic nitrogens is 2. The van der Waals surface area contributed by atoms with Gasteiger partial charge < -0.3 is 11.1 Å². The number of carbonyl (C=O) groups is 1. The topological polar surface area (TPSA) is 122 Å². The Morgan fingerprint density at radius 3 is 2.72 bits per heavy atom. The number of nitrogens with zero attached hydrogens (tertiary/aromatic N) is 5. The molecule has 1 heterocycles. The maximum atomic E-state index is 12.4. The van der Waals surface area contributed by atoms with Crippen LogP contribution in [-0.4, -0.2) is 15.7 Å². The maximum absolute atomic E-state index is 12.4. The zero-order valence-corrected chi connectivity index (χ0v) is 13.4. The van der Waals surface area contributed by atoms with E-state index in [1.807, 2.05) is 12.1 Å². The molecule has 0 saturated carbocycles. The van der Waals surface area contributed by atoms with Crippen molar-refractivity contribution in [1.82, 2.24) is 9.78 Å². The number of amides is 1. The van der Waals surface area contributed by atoms with Gasteiger partial charge in [0.15, 0.2) is 0 Å². The van der Waals surface area contributed by atoms with Gasteiger partial charge in [-0.2, -0.15) is 5.10 Å². The van der Waals surface area contributed by atoms with Crippen LogP contribution in [0.1, 0.15) is 10.4 Å². The molecule has 1 aromatic heterocycles. The zero-order valence-electron chi connectivity index (χ0n) is 13.4. The third-order valence-corrected chi connectivity index (χ3v) is 3.60. The van der Waals surface area contributed by atoms with Gasteiger partial charge in [-0.25, -0.2) is 0 Å². The second-order valence-corrected chi connectivity index (χ2v) is 5.35. The van der Waals surface area contributed by atoms with E-state index in [1.54, 1.807) is 48.1 Å². The molecule has 2 aromatic carbocycles. The molecule has 0 unspecified atom stereocenters. The summed E-state index contributed by atoms with van der Waals surface area (Å²) < 4.78 is 1.58. The minimum Gasteiger partial charge on any atom is -0.399 e. The van der Waals surface area contributed by atoms with Crippen molar-refractivity contribution in [3.8, 4) is 11.3 Å². The first kappa shape index (κ1) is 16.1. The number of nitrogen functional groups attached to an aromatic ring is 1. The molecule has 0 aliphatic heterocycles. The Hall–Kier alpha value is -3.77. The van der Waals surface area contributed by atoms with E-state index in [0.29, 0.717) is 22.8 Å². The number of nitrogens with two attached hydrogens (primary N) is 1. The van der Waals surface area contributed by atoms with E-state index in [-0.39, 0.29) is 5.91 Å². The van der Waals surface area contributed by atoms with Crippen molar-refractivity contribution in [3.63, 3.8) is 0 Å². The van der Waals surface area contributed by atoms with Gasteiger partial charge in [-0.15, -0.1) is 0 Å². The van der Waals surface area contributed by atoms with Gasteiger partial charge in [0.05, 0.1) is 5.69 Å². The second-order valence-electron chi connectivity index (χ2n) is 5.35. The maximum Gasteiger partial charge on any atom is 0.256 e. The summed E-state index contributed by atoms with van der Waals surface area (Å²) in [6, 6.07) is 15.5. The van der Waals surface area contributed by atoms with Crippen molar-refractivity contribution < 1.29 is 4.79 Å². The van der Waals surface area contributed by atoms with Crippen LogP contribution in [0.3, 0.4) is 0 Å². The Balaban J connectivity index is 1.83. The predicted octanol–water partition coefficient (Wildman–Crippen LogP) is 3.86. The largest absolute Gasteiger partial charge is 0.399 e. The van der Waals surface area contributed by atoms with Gasteiger partial charge in [0, 0.05) is 40.5 Å². The third kappa shape index (κ3) is 3.60. The molecular weight excluding hydrogens is 318 g/mol. The SMILES string of the molecule is Cn1nc(-c2ccc(N)cc2)cc1NC(=O)c1cccc(N=[N+]=[N-])c1. The Morgan fingerprint density at radius 1 is 1.24 bits per heavy atom. The number of aryl methyl sites for hydroxylation is 1. The Kier molecular flexibility index (Phi) is 4.36. The van der Waals surface area contributed by atoms with Crippen LogP contribution in [-0.2, 0) is 7.05 Å². The molecule has 3 N–H and O–H groups in total. The first-order chi connectivity index (χ1) is 12.1. The molecular formula is C17H15N7O. The van der Waals surface area contributed by atoms with E-state index in [0.717, 1.165) is 11.3 Å². The molecule has 3 rings (SSSR count). The highest BCUT2D eigenvalue weighted by molar-refractivity contribution is 6.04. The third-order valence-electron chi connectivity index (χ3n) is 3.60. The van der Waals surface area contributed by atoms with Crippen LogP contribution in [0.5, 0.6) is 0 Å². The van der Waals surface area contributed by atoms with Gasteiger partial charge in [-0.3, -0.25) is 9.48 Å². The molecule has 8 heteroatoms. The van der Waals surface area contributed by atoms with Crippen LogP contribution in [0.4, 0.5) is 17.2 Å². The fourth-order valence-electron chi connectivity index (χ4n) is 2.33. The molecule has 0 atom stereocenters. The molecule has 0 saturated heterocycles. The minimum absolute atomic E-state index is 0.318. The molecule has 0 bridgehead atoms. The number of anilines is 2. The van der Waals surface area contributed by atoms with Gasteiger partial charge in [-0.05, 0) is 29.8 Å². The van der Waals surface area contributed by atoms with Crippen molar-refractivity contribution in [3.05, 3.63) is 70.6 Å². The number of hydrogen-bond donors (Lipinski definition) is 2. The predicted molar refractivity (Wildman–Crippen MR) is 96.3 cm³/mol. The van der Waals surface area contributed by atoms with Gasteiger partial charge >= 0.3 is 0 Å². The second kappa shape index (κ2) is 6.77. The van der Waals surface area contributed by atoms with Crippen LogP contribution in [0.2, 0.25) is 0 Å². The monoisotopic (exact) mass is 333 g/mol. The average molecular weight is 333 g/mol. The highest BCUT2D eigenvalue weighted by Gasteiger charge is 2.12. The molecule has 0 fully saturated rings. The smallest absolute Gasteiger partial charge is 0.256 e. The van der Waals surface area contributed by atoms with E-state index >= 15 is 0 Å². The Labute approximate surface area is 143 Å². The summed E-state index contributed by atoms with van der Waals surface area (Å²) in [4.78, 5) is 15.1. The standard InChI is InChI=1S/C17H15N7O/c1-24-16(10-15(22-24)11-5-7-13(18)8-6-11)20-17(25)12-3-2-4-14(9-12)21-23-19/h2-10H,18H2,1H3,(H,20,25). The van der Waals surface area contributed by atoms with Crippen molar-refractivity contribution in [2.75, 3.05) is 11.1 Å². The molecule has 0 radical (unpaired) electrons. The Bertz CT molecular complexity index is 969. The average Bonchev–Trinajstić information content (AvgIpc) is 2.97. The van der Waals surface area contributed by atoms with E-state index in [2.05, 4.69) is 20.4 Å². The zero-order chi connectivity index (χ0) is 17.8. The van der Waals surface area contributed by atoms with Crippen LogP contribution >= 0.6 is 0 Å². The highest BCUT2D eigenvalue weighted by Crippen LogP contribution is 2.23. The summed E-state index contributed by atoms with van der Waals surface area (Å²) in [5.41, 5.74) is 17.2. The number of hydrogen-bond acceptors (Lipinski definition) is 4. The number of carbonyl (C=O) groups excluding carboxylic acids is 1. The van der Waals surface area contributed by atoms with Crippen molar-refractivity contribution in [2.24, 2.45) is 12.2 Å². The van der Waals surface area contributed by atoms with Crippen LogP contribution in [0.15, 0.2) is 59.7 Å². The lowest BCUT2D eigenvalue weighted by molar-refractivity contribution is 0.102. The molecule has 0 aliphatic rings. The minimum atomic E-state index is -0.318. The highest BCUT2D eigenvalue weighted by atomic mass is 16.1.